The molecule has 3 aromatic rings. The zero-order valence-electron chi connectivity index (χ0n) is 19.1. The minimum Gasteiger partial charge on any atom is -0.378 e. The predicted octanol–water partition coefficient (Wildman–Crippen LogP) is 5.31. The summed E-state index contributed by atoms with van der Waals surface area (Å²) in [5.74, 6) is 0. The van der Waals surface area contributed by atoms with E-state index >= 15 is 0 Å². The first-order chi connectivity index (χ1) is 15.7. The van der Waals surface area contributed by atoms with E-state index in [-0.39, 0.29) is 0 Å². The summed E-state index contributed by atoms with van der Waals surface area (Å²) in [5.41, 5.74) is 7.40. The molecule has 0 spiro atoms. The van der Waals surface area contributed by atoms with Crippen LogP contribution in [-0.2, 0) is 6.54 Å². The minimum atomic E-state index is 0.581. The van der Waals surface area contributed by atoms with Crippen molar-refractivity contribution in [2.45, 2.75) is 25.4 Å². The normalized spacial score (nSPS) is 16.8. The number of aromatic nitrogens is 1. The lowest BCUT2D eigenvalue weighted by Crippen LogP contribution is -2.45. The van der Waals surface area contributed by atoms with E-state index < -0.39 is 0 Å². The van der Waals surface area contributed by atoms with E-state index in [0.717, 1.165) is 31.9 Å². The van der Waals surface area contributed by atoms with E-state index in [1.807, 2.05) is 6.20 Å². The summed E-state index contributed by atoms with van der Waals surface area (Å²) < 4.78 is 0. The van der Waals surface area contributed by atoms with Crippen LogP contribution < -0.4 is 9.80 Å². The van der Waals surface area contributed by atoms with Gasteiger partial charge in [-0.2, -0.15) is 0 Å². The maximum atomic E-state index is 4.78. The number of benzene rings is 2. The molecule has 2 aliphatic heterocycles. The van der Waals surface area contributed by atoms with Crippen LogP contribution in [0.3, 0.4) is 0 Å². The summed E-state index contributed by atoms with van der Waals surface area (Å²) in [4.78, 5) is 12.1. The number of likely N-dealkylation sites (tertiary alicyclic amines) is 1. The van der Waals surface area contributed by atoms with E-state index in [1.54, 1.807) is 0 Å². The molecule has 0 amide bonds. The van der Waals surface area contributed by atoms with Gasteiger partial charge in [0.15, 0.2) is 0 Å². The Morgan fingerprint density at radius 2 is 1.72 bits per heavy atom. The maximum absolute atomic E-state index is 4.78. The number of rotatable bonds is 5. The average Bonchev–Trinajstić information content (AvgIpc) is 2.84. The number of hydrogen-bond acceptors (Lipinski definition) is 4. The molecule has 1 saturated heterocycles. The highest BCUT2D eigenvalue weighted by Crippen LogP contribution is 2.34. The molecule has 5 rings (SSSR count). The Balaban J connectivity index is 1.31. The zero-order valence-corrected chi connectivity index (χ0v) is 19.1. The fraction of sp³-hybridized carbons (Fsp3) is 0.321. The summed E-state index contributed by atoms with van der Waals surface area (Å²) >= 11 is 0. The SMILES string of the molecule is CN(C)c1ccc(-c2cc3c(cn2)C=CCN3C2CCN(Cc3ccccc3)CC2)cc1. The number of anilines is 2. The van der Waals surface area contributed by atoms with Gasteiger partial charge in [0.1, 0.15) is 0 Å². The van der Waals surface area contributed by atoms with Gasteiger partial charge in [0, 0.05) is 75.0 Å². The van der Waals surface area contributed by atoms with E-state index in [1.165, 1.54) is 40.9 Å². The van der Waals surface area contributed by atoms with Gasteiger partial charge in [0.2, 0.25) is 0 Å². The van der Waals surface area contributed by atoms with Gasteiger partial charge in [0.05, 0.1) is 5.69 Å². The summed E-state index contributed by atoms with van der Waals surface area (Å²) in [6.07, 6.45) is 8.95. The summed E-state index contributed by atoms with van der Waals surface area (Å²) in [7, 11) is 4.14. The molecule has 164 valence electrons. The number of pyridine rings is 1. The molecule has 0 unspecified atom stereocenters. The molecule has 0 radical (unpaired) electrons. The Bertz CT molecular complexity index is 1060. The predicted molar refractivity (Wildman–Crippen MR) is 135 cm³/mol. The van der Waals surface area contributed by atoms with Gasteiger partial charge in [-0.3, -0.25) is 9.88 Å². The second-order valence-electron chi connectivity index (χ2n) is 9.12. The van der Waals surface area contributed by atoms with E-state index in [4.69, 9.17) is 4.98 Å². The molecule has 3 heterocycles. The van der Waals surface area contributed by atoms with Crippen LogP contribution in [0, 0.1) is 0 Å². The summed E-state index contributed by atoms with van der Waals surface area (Å²) in [6.45, 7) is 4.35. The smallest absolute Gasteiger partial charge is 0.0723 e. The van der Waals surface area contributed by atoms with Crippen LogP contribution >= 0.6 is 0 Å². The number of fused-ring (bicyclic) bond motifs is 1. The first kappa shape index (κ1) is 20.8. The lowest BCUT2D eigenvalue weighted by Gasteiger charge is -2.41. The van der Waals surface area contributed by atoms with Crippen molar-refractivity contribution in [1.29, 1.82) is 0 Å². The molecular formula is C28H32N4. The zero-order chi connectivity index (χ0) is 21.9. The van der Waals surface area contributed by atoms with Crippen molar-refractivity contribution in [3.8, 4) is 11.3 Å². The lowest BCUT2D eigenvalue weighted by atomic mass is 9.98. The van der Waals surface area contributed by atoms with Crippen molar-refractivity contribution in [2.75, 3.05) is 43.5 Å². The maximum Gasteiger partial charge on any atom is 0.0723 e. The third-order valence-electron chi connectivity index (χ3n) is 6.75. The topological polar surface area (TPSA) is 22.6 Å². The van der Waals surface area contributed by atoms with E-state index in [9.17, 15) is 0 Å². The van der Waals surface area contributed by atoms with Gasteiger partial charge in [-0.25, -0.2) is 0 Å². The third-order valence-corrected chi connectivity index (χ3v) is 6.75. The Hall–Kier alpha value is -3.11. The molecule has 0 N–H and O–H groups in total. The molecule has 4 nitrogen and oxygen atoms in total. The van der Waals surface area contributed by atoms with Crippen molar-refractivity contribution in [3.63, 3.8) is 0 Å². The molecule has 1 aromatic heterocycles. The van der Waals surface area contributed by atoms with Crippen molar-refractivity contribution < 1.29 is 0 Å². The van der Waals surface area contributed by atoms with Crippen LogP contribution in [0.2, 0.25) is 0 Å². The molecule has 1 fully saturated rings. The Morgan fingerprint density at radius 3 is 2.44 bits per heavy atom. The monoisotopic (exact) mass is 424 g/mol. The highest BCUT2D eigenvalue weighted by Gasteiger charge is 2.27. The van der Waals surface area contributed by atoms with Gasteiger partial charge in [-0.1, -0.05) is 54.6 Å². The average molecular weight is 425 g/mol. The Morgan fingerprint density at radius 1 is 0.969 bits per heavy atom. The number of hydrogen-bond donors (Lipinski definition) is 0. The third kappa shape index (κ3) is 4.42. The van der Waals surface area contributed by atoms with E-state index in [0.29, 0.717) is 6.04 Å². The second kappa shape index (κ2) is 9.17. The highest BCUT2D eigenvalue weighted by molar-refractivity contribution is 5.76. The van der Waals surface area contributed by atoms with Gasteiger partial charge < -0.3 is 9.80 Å². The van der Waals surface area contributed by atoms with Crippen LogP contribution in [-0.4, -0.2) is 49.7 Å². The van der Waals surface area contributed by atoms with Crippen LogP contribution in [0.5, 0.6) is 0 Å². The van der Waals surface area contributed by atoms with Gasteiger partial charge in [-0.05, 0) is 36.6 Å². The molecule has 2 aromatic carbocycles. The lowest BCUT2D eigenvalue weighted by molar-refractivity contribution is 0.202. The molecular weight excluding hydrogens is 392 g/mol. The van der Waals surface area contributed by atoms with Crippen LogP contribution in [0.15, 0.2) is 72.9 Å². The molecule has 0 atom stereocenters. The Kier molecular flexibility index (Phi) is 5.95. The molecule has 0 bridgehead atoms. The Labute approximate surface area is 191 Å². The number of nitrogens with zero attached hydrogens (tertiary/aromatic N) is 4. The van der Waals surface area contributed by atoms with Crippen molar-refractivity contribution in [3.05, 3.63) is 84.1 Å². The molecule has 32 heavy (non-hydrogen) atoms. The summed E-state index contributed by atoms with van der Waals surface area (Å²) in [5, 5.41) is 0. The fourth-order valence-corrected chi connectivity index (χ4v) is 4.89. The van der Waals surface area contributed by atoms with Crippen molar-refractivity contribution in [2.24, 2.45) is 0 Å². The van der Waals surface area contributed by atoms with Gasteiger partial charge in [0.25, 0.3) is 0 Å². The van der Waals surface area contributed by atoms with E-state index in [2.05, 4.69) is 102 Å². The van der Waals surface area contributed by atoms with Gasteiger partial charge in [-0.15, -0.1) is 0 Å². The minimum absolute atomic E-state index is 0.581. The van der Waals surface area contributed by atoms with Crippen molar-refractivity contribution in [1.82, 2.24) is 9.88 Å². The highest BCUT2D eigenvalue weighted by atomic mass is 15.2. The number of piperidine rings is 1. The fourth-order valence-electron chi connectivity index (χ4n) is 4.89. The van der Waals surface area contributed by atoms with Crippen LogP contribution in [0.25, 0.3) is 17.3 Å². The largest absolute Gasteiger partial charge is 0.378 e. The first-order valence-corrected chi connectivity index (χ1v) is 11.6. The molecule has 4 heteroatoms. The standard InChI is InChI=1S/C28H32N4/c1-30(2)25-12-10-23(11-13-25)27-19-28-24(20-29-27)9-6-16-32(28)26-14-17-31(18-15-26)21-22-7-4-3-5-8-22/h3-13,19-20,26H,14-18,21H2,1-2H3. The molecule has 0 saturated carbocycles. The second-order valence-corrected chi connectivity index (χ2v) is 9.12. The summed E-state index contributed by atoms with van der Waals surface area (Å²) in [6, 6.07) is 22.4. The first-order valence-electron chi connectivity index (χ1n) is 11.6. The van der Waals surface area contributed by atoms with Crippen LogP contribution in [0.1, 0.15) is 24.0 Å². The van der Waals surface area contributed by atoms with Crippen molar-refractivity contribution >= 4 is 17.5 Å². The molecule has 2 aliphatic rings. The molecule has 0 aliphatic carbocycles. The van der Waals surface area contributed by atoms with Crippen LogP contribution in [0.4, 0.5) is 11.4 Å². The quantitative estimate of drug-likeness (QED) is 0.553. The van der Waals surface area contributed by atoms with Gasteiger partial charge >= 0.3 is 0 Å².